The van der Waals surface area contributed by atoms with Crippen molar-refractivity contribution in [2.24, 2.45) is 5.92 Å². The zero-order chi connectivity index (χ0) is 18.8. The number of thiophene rings is 1. The number of aryl methyl sites for hydroxylation is 2. The van der Waals surface area contributed by atoms with Crippen molar-refractivity contribution in [2.75, 3.05) is 18.4 Å². The largest absolute Gasteiger partial charge is 0.356 e. The van der Waals surface area contributed by atoms with Crippen LogP contribution < -0.4 is 10.6 Å². The van der Waals surface area contributed by atoms with Crippen molar-refractivity contribution >= 4 is 23.2 Å². The highest BCUT2D eigenvalue weighted by atomic mass is 32.1. The van der Waals surface area contributed by atoms with Crippen LogP contribution in [-0.2, 0) is 4.79 Å². The third-order valence-corrected chi connectivity index (χ3v) is 5.32. The first kappa shape index (κ1) is 17.7. The molecule has 27 heavy (non-hydrogen) atoms. The molecular formula is C19H21N5O2S. The number of nitrogens with zero attached hydrogens (tertiary/aromatic N) is 3. The van der Waals surface area contributed by atoms with Gasteiger partial charge in [0.1, 0.15) is 0 Å². The van der Waals surface area contributed by atoms with E-state index >= 15 is 0 Å². The summed E-state index contributed by atoms with van der Waals surface area (Å²) in [6, 6.07) is 6.00. The highest BCUT2D eigenvalue weighted by Crippen LogP contribution is 2.35. The van der Waals surface area contributed by atoms with Crippen molar-refractivity contribution in [2.45, 2.75) is 26.7 Å². The molecule has 3 aromatic rings. The summed E-state index contributed by atoms with van der Waals surface area (Å²) in [5.74, 6) is 1.54. The molecule has 4 rings (SSSR count). The molecular weight excluding hydrogens is 362 g/mol. The van der Waals surface area contributed by atoms with E-state index in [0.29, 0.717) is 24.8 Å². The van der Waals surface area contributed by atoms with E-state index in [-0.39, 0.29) is 11.8 Å². The molecule has 3 heterocycles. The van der Waals surface area contributed by atoms with E-state index in [0.717, 1.165) is 34.7 Å². The average molecular weight is 383 g/mol. The molecule has 1 aliphatic rings. The van der Waals surface area contributed by atoms with Gasteiger partial charge in [0.25, 0.3) is 0 Å². The summed E-state index contributed by atoms with van der Waals surface area (Å²) < 4.78 is 5.42. The number of rotatable bonds is 7. The first-order valence-corrected chi connectivity index (χ1v) is 9.81. The molecule has 8 heteroatoms. The number of anilines is 1. The Labute approximate surface area is 161 Å². The Hall–Kier alpha value is -2.74. The number of hydrogen-bond acceptors (Lipinski definition) is 7. The molecule has 0 bridgehead atoms. The zero-order valence-corrected chi connectivity index (χ0v) is 16.1. The maximum Gasteiger partial charge on any atom is 0.223 e. The maximum atomic E-state index is 11.7. The van der Waals surface area contributed by atoms with Crippen LogP contribution in [0.4, 0.5) is 5.95 Å². The molecule has 1 fully saturated rings. The van der Waals surface area contributed by atoms with Crippen molar-refractivity contribution in [1.82, 2.24) is 20.4 Å². The van der Waals surface area contributed by atoms with E-state index in [1.807, 2.05) is 13.0 Å². The number of aromatic nitrogens is 3. The van der Waals surface area contributed by atoms with Gasteiger partial charge < -0.3 is 15.2 Å². The fraction of sp³-hybridized carbons (Fsp3) is 0.368. The monoisotopic (exact) mass is 383 g/mol. The second-order valence-electron chi connectivity index (χ2n) is 6.69. The third-order valence-electron chi connectivity index (χ3n) is 4.31. The highest BCUT2D eigenvalue weighted by Gasteiger charge is 2.29. The summed E-state index contributed by atoms with van der Waals surface area (Å²) in [6.45, 7) is 5.07. The molecule has 1 aliphatic carbocycles. The van der Waals surface area contributed by atoms with E-state index < -0.39 is 0 Å². The van der Waals surface area contributed by atoms with Gasteiger partial charge in [-0.3, -0.25) is 4.79 Å². The lowest BCUT2D eigenvalue weighted by atomic mass is 10.1. The van der Waals surface area contributed by atoms with Gasteiger partial charge in [0.05, 0.1) is 21.8 Å². The van der Waals surface area contributed by atoms with Crippen LogP contribution in [0.3, 0.4) is 0 Å². The van der Waals surface area contributed by atoms with Crippen LogP contribution >= 0.6 is 11.3 Å². The Bertz CT molecular complexity index is 961. The summed E-state index contributed by atoms with van der Waals surface area (Å²) in [4.78, 5) is 23.0. The smallest absolute Gasteiger partial charge is 0.223 e. The van der Waals surface area contributed by atoms with Crippen molar-refractivity contribution in [1.29, 1.82) is 0 Å². The van der Waals surface area contributed by atoms with Gasteiger partial charge in [-0.15, -0.1) is 11.3 Å². The van der Waals surface area contributed by atoms with Gasteiger partial charge in [0.15, 0.2) is 5.76 Å². The number of carbonyl (C=O) groups excluding carboxylic acids is 1. The van der Waals surface area contributed by atoms with Crippen LogP contribution in [0.25, 0.3) is 21.9 Å². The van der Waals surface area contributed by atoms with Gasteiger partial charge in [-0.2, -0.15) is 0 Å². The topological polar surface area (TPSA) is 92.9 Å². The first-order chi connectivity index (χ1) is 13.1. The predicted octanol–water partition coefficient (Wildman–Crippen LogP) is 3.42. The number of carbonyl (C=O) groups is 1. The van der Waals surface area contributed by atoms with Crippen LogP contribution in [0.2, 0.25) is 0 Å². The molecule has 0 atom stereocenters. The number of hydrogen-bond donors (Lipinski definition) is 2. The molecule has 140 valence electrons. The molecule has 0 radical (unpaired) electrons. The standard InChI is InChI=1S/C19H21N5O2S/c1-11-9-15(26-24-11)14-10-22-19(21-8-7-20-18(25)13-4-5-13)23-17(14)16-6-3-12(2)27-16/h3,6,9-10,13H,4-5,7-8H2,1-2H3,(H,20,25)(H,21,22,23). The zero-order valence-electron chi connectivity index (χ0n) is 15.3. The van der Waals surface area contributed by atoms with E-state index in [1.165, 1.54) is 4.88 Å². The Balaban J connectivity index is 1.52. The van der Waals surface area contributed by atoms with Crippen LogP contribution in [0, 0.1) is 19.8 Å². The van der Waals surface area contributed by atoms with Crippen molar-refractivity contribution in [3.63, 3.8) is 0 Å². The predicted molar refractivity (Wildman–Crippen MR) is 105 cm³/mol. The summed E-state index contributed by atoms with van der Waals surface area (Å²) >= 11 is 1.67. The Morgan fingerprint density at radius 2 is 2.15 bits per heavy atom. The second-order valence-corrected chi connectivity index (χ2v) is 7.98. The number of nitrogens with one attached hydrogen (secondary N) is 2. The molecule has 0 saturated heterocycles. The van der Waals surface area contributed by atoms with Crippen LogP contribution in [0.15, 0.2) is 28.9 Å². The van der Waals surface area contributed by atoms with Gasteiger partial charge in [0.2, 0.25) is 11.9 Å². The lowest BCUT2D eigenvalue weighted by Crippen LogP contribution is -2.30. The Kier molecular flexibility index (Phi) is 4.89. The van der Waals surface area contributed by atoms with Gasteiger partial charge in [-0.05, 0) is 38.8 Å². The highest BCUT2D eigenvalue weighted by molar-refractivity contribution is 7.15. The van der Waals surface area contributed by atoms with Crippen LogP contribution in [0.5, 0.6) is 0 Å². The average Bonchev–Trinajstić information content (AvgIpc) is 3.29. The molecule has 2 N–H and O–H groups in total. The normalized spacial score (nSPS) is 13.6. The van der Waals surface area contributed by atoms with Crippen LogP contribution in [0.1, 0.15) is 23.4 Å². The summed E-state index contributed by atoms with van der Waals surface area (Å²) in [5.41, 5.74) is 2.43. The van der Waals surface area contributed by atoms with E-state index in [9.17, 15) is 4.79 Å². The van der Waals surface area contributed by atoms with Gasteiger partial charge in [-0.25, -0.2) is 9.97 Å². The lowest BCUT2D eigenvalue weighted by Gasteiger charge is -2.09. The molecule has 0 unspecified atom stereocenters. The van der Waals surface area contributed by atoms with Gasteiger partial charge in [0, 0.05) is 36.1 Å². The minimum Gasteiger partial charge on any atom is -0.356 e. The molecule has 0 aromatic carbocycles. The summed E-state index contributed by atoms with van der Waals surface area (Å²) in [7, 11) is 0. The molecule has 1 saturated carbocycles. The van der Waals surface area contributed by atoms with Crippen LogP contribution in [-0.4, -0.2) is 34.1 Å². The Morgan fingerprint density at radius 3 is 2.81 bits per heavy atom. The summed E-state index contributed by atoms with van der Waals surface area (Å²) in [6.07, 6.45) is 3.77. The maximum absolute atomic E-state index is 11.7. The van der Waals surface area contributed by atoms with E-state index in [2.05, 4.69) is 39.8 Å². The molecule has 7 nitrogen and oxygen atoms in total. The fourth-order valence-electron chi connectivity index (χ4n) is 2.74. The third kappa shape index (κ3) is 4.16. The van der Waals surface area contributed by atoms with Gasteiger partial charge >= 0.3 is 0 Å². The summed E-state index contributed by atoms with van der Waals surface area (Å²) in [5, 5.41) is 10.1. The molecule has 3 aromatic heterocycles. The van der Waals surface area contributed by atoms with E-state index in [4.69, 9.17) is 9.51 Å². The van der Waals surface area contributed by atoms with Crippen molar-refractivity contribution in [3.8, 4) is 21.9 Å². The number of amides is 1. The molecule has 1 amide bonds. The Morgan fingerprint density at radius 1 is 1.30 bits per heavy atom. The lowest BCUT2D eigenvalue weighted by molar-refractivity contribution is -0.122. The SMILES string of the molecule is Cc1cc(-c2cnc(NCCNC(=O)C3CC3)nc2-c2ccc(C)s2)on1. The molecule has 0 spiro atoms. The fourth-order valence-corrected chi connectivity index (χ4v) is 3.61. The van der Waals surface area contributed by atoms with Crippen molar-refractivity contribution < 1.29 is 9.32 Å². The quantitative estimate of drug-likeness (QED) is 0.607. The second kappa shape index (κ2) is 7.48. The first-order valence-electron chi connectivity index (χ1n) is 8.99. The molecule has 0 aliphatic heterocycles. The van der Waals surface area contributed by atoms with E-state index in [1.54, 1.807) is 17.5 Å². The minimum absolute atomic E-state index is 0.142. The minimum atomic E-state index is 0.142. The van der Waals surface area contributed by atoms with Crippen molar-refractivity contribution in [3.05, 3.63) is 35.0 Å². The van der Waals surface area contributed by atoms with Gasteiger partial charge in [-0.1, -0.05) is 5.16 Å².